The number of hydrogen-bond acceptors (Lipinski definition) is 2. The Balaban J connectivity index is 1.61. The van der Waals surface area contributed by atoms with Gasteiger partial charge < -0.3 is 10.1 Å². The van der Waals surface area contributed by atoms with Gasteiger partial charge in [0.2, 0.25) is 5.91 Å². The van der Waals surface area contributed by atoms with Crippen molar-refractivity contribution < 1.29 is 14.1 Å². The molecule has 1 N–H and O–H groups in total. The lowest BCUT2D eigenvalue weighted by Gasteiger charge is -2.06. The Kier molecular flexibility index (Phi) is 6.42. The van der Waals surface area contributed by atoms with Crippen molar-refractivity contribution in [1.82, 2.24) is 5.32 Å². The molecule has 4 heteroatoms. The van der Waals surface area contributed by atoms with Gasteiger partial charge in [0, 0.05) is 31.5 Å². The normalized spacial score (nSPS) is 10.2. The Morgan fingerprint density at radius 3 is 2.50 bits per heavy atom. The summed E-state index contributed by atoms with van der Waals surface area (Å²) in [5, 5.41) is 2.95. The Morgan fingerprint density at radius 1 is 1.09 bits per heavy atom. The van der Waals surface area contributed by atoms with Gasteiger partial charge in [0.1, 0.15) is 12.3 Å². The van der Waals surface area contributed by atoms with Crippen molar-refractivity contribution in [2.24, 2.45) is 0 Å². The first-order chi connectivity index (χ1) is 10.8. The fourth-order valence-electron chi connectivity index (χ4n) is 2.20. The number of carbonyl (C=O) groups excluding carboxylic acids is 1. The average Bonchev–Trinajstić information content (AvgIpc) is 2.58. The molecule has 116 valence electrons. The van der Waals surface area contributed by atoms with Gasteiger partial charge in [0.05, 0.1) is 7.11 Å². The Bertz CT molecular complexity index is 567. The number of methoxy groups -OCH3 is 1. The quantitative estimate of drug-likeness (QED) is 0.601. The number of pyridine rings is 1. The largest absolute Gasteiger partial charge is 0.497 e. The monoisotopic (exact) mass is 299 g/mol. The van der Waals surface area contributed by atoms with Gasteiger partial charge in [-0.3, -0.25) is 4.79 Å². The van der Waals surface area contributed by atoms with Gasteiger partial charge in [0.25, 0.3) is 0 Å². The summed E-state index contributed by atoms with van der Waals surface area (Å²) in [4.78, 5) is 11.8. The first kappa shape index (κ1) is 16.0. The number of nitrogens with zero attached hydrogens (tertiary/aromatic N) is 1. The molecule has 1 heterocycles. The summed E-state index contributed by atoms with van der Waals surface area (Å²) in [7, 11) is 1.64. The Morgan fingerprint density at radius 2 is 1.82 bits per heavy atom. The zero-order chi connectivity index (χ0) is 15.6. The van der Waals surface area contributed by atoms with Gasteiger partial charge in [0.15, 0.2) is 12.4 Å². The number of unbranched alkanes of at least 4 members (excludes halogenated alkanes) is 1. The minimum Gasteiger partial charge on any atom is -0.497 e. The van der Waals surface area contributed by atoms with E-state index in [-0.39, 0.29) is 5.91 Å². The van der Waals surface area contributed by atoms with E-state index in [0.29, 0.717) is 13.0 Å². The van der Waals surface area contributed by atoms with Crippen LogP contribution in [0.1, 0.15) is 24.8 Å². The van der Waals surface area contributed by atoms with Gasteiger partial charge in [-0.1, -0.05) is 18.2 Å². The highest BCUT2D eigenvalue weighted by Gasteiger charge is 2.03. The molecule has 0 radical (unpaired) electrons. The molecule has 1 aromatic heterocycles. The fourth-order valence-corrected chi connectivity index (χ4v) is 2.20. The van der Waals surface area contributed by atoms with Gasteiger partial charge in [-0.25, -0.2) is 4.57 Å². The molecule has 1 aromatic carbocycles. The van der Waals surface area contributed by atoms with Crippen LogP contribution in [0.4, 0.5) is 0 Å². The second-order valence-electron chi connectivity index (χ2n) is 5.20. The topological polar surface area (TPSA) is 42.2 Å². The summed E-state index contributed by atoms with van der Waals surface area (Å²) in [5.74, 6) is 0.933. The molecule has 0 saturated heterocycles. The lowest BCUT2D eigenvalue weighted by Crippen LogP contribution is -2.32. The highest BCUT2D eigenvalue weighted by Crippen LogP contribution is 2.11. The van der Waals surface area contributed by atoms with Crippen molar-refractivity contribution >= 4 is 5.91 Å². The van der Waals surface area contributed by atoms with E-state index in [1.807, 2.05) is 54.9 Å². The van der Waals surface area contributed by atoms with Crippen LogP contribution >= 0.6 is 0 Å². The van der Waals surface area contributed by atoms with Crippen LogP contribution in [0.3, 0.4) is 0 Å². The number of carbonyl (C=O) groups is 1. The Hall–Kier alpha value is -2.36. The van der Waals surface area contributed by atoms with Crippen molar-refractivity contribution in [3.63, 3.8) is 0 Å². The fraction of sp³-hybridized carbons (Fsp3) is 0.333. The number of benzene rings is 1. The lowest BCUT2D eigenvalue weighted by atomic mass is 10.2. The number of aryl methyl sites for hydroxylation is 1. The van der Waals surface area contributed by atoms with Crippen LogP contribution in [0.25, 0.3) is 0 Å². The molecule has 0 aliphatic carbocycles. The third-order valence-electron chi connectivity index (χ3n) is 3.50. The number of rotatable bonds is 8. The molecule has 0 fully saturated rings. The van der Waals surface area contributed by atoms with E-state index in [9.17, 15) is 4.79 Å². The molecule has 22 heavy (non-hydrogen) atoms. The second kappa shape index (κ2) is 8.82. The van der Waals surface area contributed by atoms with E-state index in [1.54, 1.807) is 7.11 Å². The van der Waals surface area contributed by atoms with Crippen LogP contribution in [0.15, 0.2) is 54.9 Å². The zero-order valence-corrected chi connectivity index (χ0v) is 13.0. The van der Waals surface area contributed by atoms with E-state index >= 15 is 0 Å². The maximum absolute atomic E-state index is 11.8. The van der Waals surface area contributed by atoms with Gasteiger partial charge in [-0.15, -0.1) is 0 Å². The van der Waals surface area contributed by atoms with Crippen LogP contribution < -0.4 is 14.6 Å². The minimum atomic E-state index is 0.105. The third kappa shape index (κ3) is 5.56. The van der Waals surface area contributed by atoms with Crippen LogP contribution in [0.5, 0.6) is 5.75 Å². The molecule has 0 bridgehead atoms. The van der Waals surface area contributed by atoms with E-state index < -0.39 is 0 Å². The maximum Gasteiger partial charge on any atom is 0.220 e. The van der Waals surface area contributed by atoms with E-state index in [0.717, 1.165) is 30.7 Å². The predicted octanol–water partition coefficient (Wildman–Crippen LogP) is 2.47. The number of aromatic nitrogens is 1. The van der Waals surface area contributed by atoms with E-state index in [2.05, 4.69) is 9.88 Å². The summed E-state index contributed by atoms with van der Waals surface area (Å²) in [6.07, 6.45) is 6.57. The summed E-state index contributed by atoms with van der Waals surface area (Å²) >= 11 is 0. The lowest BCUT2D eigenvalue weighted by molar-refractivity contribution is -0.697. The van der Waals surface area contributed by atoms with Crippen molar-refractivity contribution in [3.8, 4) is 5.75 Å². The molecule has 0 saturated carbocycles. The van der Waals surface area contributed by atoms with E-state index in [4.69, 9.17) is 4.74 Å². The number of ether oxygens (including phenoxy) is 1. The van der Waals surface area contributed by atoms with Crippen LogP contribution in [-0.4, -0.2) is 13.0 Å². The molecule has 0 aliphatic rings. The standard InChI is InChI=1S/C18H22N2O2/c1-22-17-10-8-16(9-11-17)15-19-18(21)7-3-6-14-20-12-4-2-5-13-20/h2,4-5,8-13H,3,6-7,14-15H2,1H3/p+1. The first-order valence-electron chi connectivity index (χ1n) is 7.61. The molecule has 2 aromatic rings. The number of nitrogens with one attached hydrogen (secondary N) is 1. The van der Waals surface area contributed by atoms with E-state index in [1.165, 1.54) is 0 Å². The maximum atomic E-state index is 11.8. The zero-order valence-electron chi connectivity index (χ0n) is 13.0. The highest BCUT2D eigenvalue weighted by atomic mass is 16.5. The first-order valence-corrected chi connectivity index (χ1v) is 7.61. The van der Waals surface area contributed by atoms with Crippen molar-refractivity contribution in [2.45, 2.75) is 32.4 Å². The van der Waals surface area contributed by atoms with Gasteiger partial charge in [-0.2, -0.15) is 0 Å². The summed E-state index contributed by atoms with van der Waals surface area (Å²) in [5.41, 5.74) is 1.08. The molecule has 0 atom stereocenters. The van der Waals surface area contributed by atoms with Gasteiger partial charge >= 0.3 is 0 Å². The van der Waals surface area contributed by atoms with Crippen molar-refractivity contribution in [1.29, 1.82) is 0 Å². The molecule has 0 aliphatic heterocycles. The summed E-state index contributed by atoms with van der Waals surface area (Å²) in [6.45, 7) is 1.52. The van der Waals surface area contributed by atoms with Crippen molar-refractivity contribution in [3.05, 3.63) is 60.4 Å². The Labute approximate surface area is 131 Å². The molecule has 4 nitrogen and oxygen atoms in total. The molecular weight excluding hydrogens is 276 g/mol. The highest BCUT2D eigenvalue weighted by molar-refractivity contribution is 5.75. The van der Waals surface area contributed by atoms with Crippen molar-refractivity contribution in [2.75, 3.05) is 7.11 Å². The number of amides is 1. The summed E-state index contributed by atoms with van der Waals surface area (Å²) in [6, 6.07) is 13.8. The molecular formula is C18H23N2O2+. The minimum absolute atomic E-state index is 0.105. The third-order valence-corrected chi connectivity index (χ3v) is 3.50. The molecule has 1 amide bonds. The average molecular weight is 299 g/mol. The van der Waals surface area contributed by atoms with Gasteiger partial charge in [-0.05, 0) is 24.1 Å². The molecule has 0 spiro atoms. The predicted molar refractivity (Wildman–Crippen MR) is 85.3 cm³/mol. The second-order valence-corrected chi connectivity index (χ2v) is 5.20. The molecule has 2 rings (SSSR count). The van der Waals surface area contributed by atoms with Crippen LogP contribution in [-0.2, 0) is 17.9 Å². The van der Waals surface area contributed by atoms with Crippen LogP contribution in [0, 0.1) is 0 Å². The SMILES string of the molecule is COc1ccc(CNC(=O)CCCC[n+]2ccccc2)cc1. The van der Waals surface area contributed by atoms with Crippen LogP contribution in [0.2, 0.25) is 0 Å². The smallest absolute Gasteiger partial charge is 0.220 e. The molecule has 0 unspecified atom stereocenters. The number of hydrogen-bond donors (Lipinski definition) is 1. The summed E-state index contributed by atoms with van der Waals surface area (Å²) < 4.78 is 7.24.